The fraction of sp³-hybridized carbons (Fsp3) is 0. The third-order valence-corrected chi connectivity index (χ3v) is 11.1. The fourth-order valence-electron chi connectivity index (χ4n) is 7.58. The molecule has 272 valence electrons. The molecule has 6 heterocycles. The monoisotopic (exact) mass is 755 g/mol. The molecular weight excluding hydrogens is 723 g/mol. The van der Waals surface area contributed by atoms with E-state index in [-0.39, 0.29) is 11.7 Å². The van der Waals surface area contributed by atoms with Gasteiger partial charge < -0.3 is 20.4 Å². The minimum Gasteiger partial charge on any atom is -0.508 e. The van der Waals surface area contributed by atoms with Gasteiger partial charge in [0.2, 0.25) is 0 Å². The summed E-state index contributed by atoms with van der Waals surface area (Å²) >= 11 is 1.41. The first kappa shape index (κ1) is 34.0. The van der Waals surface area contributed by atoms with Crippen molar-refractivity contribution in [3.8, 4) is 50.3 Å². The zero-order valence-corrected chi connectivity index (χ0v) is 31.2. The molecule has 57 heavy (non-hydrogen) atoms. The van der Waals surface area contributed by atoms with E-state index in [1.165, 1.54) is 11.3 Å². The van der Waals surface area contributed by atoms with Crippen LogP contribution in [0.3, 0.4) is 0 Å². The lowest BCUT2D eigenvalue weighted by atomic mass is 10.0. The molecule has 8 bridgehead atoms. The summed E-state index contributed by atoms with van der Waals surface area (Å²) in [6.07, 6.45) is 8.28. The number of rotatable bonds is 6. The van der Waals surface area contributed by atoms with E-state index in [0.29, 0.717) is 10.6 Å². The van der Waals surface area contributed by atoms with E-state index >= 15 is 0 Å². The maximum Gasteiger partial charge on any atom is 0.265 e. The summed E-state index contributed by atoms with van der Waals surface area (Å²) in [5, 5.41) is 15.2. The molecule has 2 aliphatic rings. The number of anilines is 1. The second-order valence-corrected chi connectivity index (χ2v) is 14.7. The second-order valence-electron chi connectivity index (χ2n) is 13.8. The molecule has 0 saturated carbocycles. The highest BCUT2D eigenvalue weighted by Crippen LogP contribution is 2.38. The molecule has 8 aromatic rings. The first-order chi connectivity index (χ1) is 28.1. The summed E-state index contributed by atoms with van der Waals surface area (Å²) in [6.45, 7) is 0. The molecule has 0 spiro atoms. The van der Waals surface area contributed by atoms with Gasteiger partial charge in [-0.05, 0) is 107 Å². The Balaban J connectivity index is 1.28. The number of nitrogens with one attached hydrogen (secondary N) is 3. The van der Waals surface area contributed by atoms with E-state index in [2.05, 4.69) is 88.1 Å². The number of aromatic nitrogens is 4. The quantitative estimate of drug-likeness (QED) is 0.136. The van der Waals surface area contributed by atoms with Crippen LogP contribution in [0.15, 0.2) is 151 Å². The number of phenols is 1. The predicted octanol–water partition coefficient (Wildman–Crippen LogP) is 12.3. The molecule has 1 amide bonds. The largest absolute Gasteiger partial charge is 0.508 e. The Labute approximate surface area is 332 Å². The zero-order valence-electron chi connectivity index (χ0n) is 30.4. The smallest absolute Gasteiger partial charge is 0.265 e. The first-order valence-corrected chi connectivity index (χ1v) is 19.5. The normalized spacial score (nSPS) is 11.9. The van der Waals surface area contributed by atoms with E-state index in [4.69, 9.17) is 9.97 Å². The van der Waals surface area contributed by atoms with Gasteiger partial charge in [-0.15, -0.1) is 11.3 Å². The van der Waals surface area contributed by atoms with Crippen molar-refractivity contribution in [3.63, 3.8) is 0 Å². The van der Waals surface area contributed by atoms with Gasteiger partial charge in [0.15, 0.2) is 0 Å². The number of thiophene rings is 1. The fourth-order valence-corrected chi connectivity index (χ4v) is 8.20. The molecule has 7 nitrogen and oxygen atoms in total. The minimum atomic E-state index is -0.135. The van der Waals surface area contributed by atoms with Crippen LogP contribution in [0.1, 0.15) is 32.4 Å². The van der Waals surface area contributed by atoms with Gasteiger partial charge in [-0.25, -0.2) is 9.97 Å². The number of carbonyl (C=O) groups is 1. The van der Waals surface area contributed by atoms with E-state index in [9.17, 15) is 9.90 Å². The Morgan fingerprint density at radius 2 is 0.877 bits per heavy atom. The van der Waals surface area contributed by atoms with Crippen molar-refractivity contribution in [2.75, 3.05) is 5.32 Å². The molecule has 0 aliphatic carbocycles. The first-order valence-electron chi connectivity index (χ1n) is 18.6. The maximum absolute atomic E-state index is 12.9. The number of hydrogen-bond donors (Lipinski definition) is 4. The highest BCUT2D eigenvalue weighted by molar-refractivity contribution is 7.12. The molecular formula is C49H33N5O2S. The van der Waals surface area contributed by atoms with Crippen molar-refractivity contribution < 1.29 is 9.90 Å². The summed E-state index contributed by atoms with van der Waals surface area (Å²) in [5.74, 6) is 0.0629. The van der Waals surface area contributed by atoms with Gasteiger partial charge in [-0.2, -0.15) is 0 Å². The van der Waals surface area contributed by atoms with Crippen molar-refractivity contribution in [3.05, 3.63) is 179 Å². The third-order valence-electron chi connectivity index (χ3n) is 10.2. The molecule has 0 saturated heterocycles. The SMILES string of the molecule is O=C(Nc1ccc(-c2c3nc(c(-c4ccccc4)c4ccc([nH]4)c(-c4ccc(O)cc4)c4nc(c(-c5ccccc5)c5ccc2[nH]5)C=C4)C=C3)cc1)c1cccs1. The van der Waals surface area contributed by atoms with Crippen LogP contribution in [0.2, 0.25) is 0 Å². The van der Waals surface area contributed by atoms with Crippen molar-refractivity contribution >= 4 is 69.3 Å². The Bertz CT molecular complexity index is 3000. The molecule has 0 fully saturated rings. The highest BCUT2D eigenvalue weighted by atomic mass is 32.1. The summed E-state index contributed by atoms with van der Waals surface area (Å²) in [4.78, 5) is 31.8. The van der Waals surface area contributed by atoms with Crippen LogP contribution in [-0.4, -0.2) is 30.9 Å². The standard InChI is InChI=1S/C49H33N5O2S/c55-35-19-15-33(16-20-35)48-42-27-23-38(53-42)45(30-8-3-1-4-9-30)36-21-25-40(51-36)47(32-13-17-34(18-14-32)50-49(56)44-12-7-29-57-44)41-26-22-37(52-41)46(31-10-5-2-6-11-31)39-24-28-43(48)54-39/h1-29,51,54-55H,(H,50,56). The lowest BCUT2D eigenvalue weighted by Crippen LogP contribution is -2.09. The molecule has 0 atom stereocenters. The maximum atomic E-state index is 12.9. The molecule has 10 rings (SSSR count). The number of hydrogen-bond acceptors (Lipinski definition) is 5. The van der Waals surface area contributed by atoms with Crippen LogP contribution in [0, 0.1) is 0 Å². The van der Waals surface area contributed by atoms with Crippen LogP contribution >= 0.6 is 11.3 Å². The Kier molecular flexibility index (Phi) is 8.50. The summed E-state index contributed by atoms with van der Waals surface area (Å²) in [7, 11) is 0. The number of phenolic OH excluding ortho intramolecular Hbond substituents is 1. The Morgan fingerprint density at radius 3 is 1.28 bits per heavy atom. The number of aromatic amines is 2. The predicted molar refractivity (Wildman–Crippen MR) is 235 cm³/mol. The van der Waals surface area contributed by atoms with Crippen molar-refractivity contribution in [2.45, 2.75) is 0 Å². The number of nitrogens with zero attached hydrogens (tertiary/aromatic N) is 2. The number of amides is 1. The summed E-state index contributed by atoms with van der Waals surface area (Å²) in [5.41, 5.74) is 15.2. The van der Waals surface area contributed by atoms with Crippen molar-refractivity contribution in [1.29, 1.82) is 0 Å². The van der Waals surface area contributed by atoms with Crippen LogP contribution in [0.5, 0.6) is 5.75 Å². The van der Waals surface area contributed by atoms with Crippen LogP contribution < -0.4 is 5.32 Å². The van der Waals surface area contributed by atoms with Crippen molar-refractivity contribution in [2.24, 2.45) is 0 Å². The van der Waals surface area contributed by atoms with Gasteiger partial charge in [0, 0.05) is 50.0 Å². The average molecular weight is 756 g/mol. The Hall–Kier alpha value is -7.55. The molecule has 0 radical (unpaired) electrons. The molecule has 4 aromatic heterocycles. The van der Waals surface area contributed by atoms with Gasteiger partial charge in [-0.3, -0.25) is 4.79 Å². The van der Waals surface area contributed by atoms with Crippen LogP contribution in [0.4, 0.5) is 5.69 Å². The van der Waals surface area contributed by atoms with Gasteiger partial charge >= 0.3 is 0 Å². The lowest BCUT2D eigenvalue weighted by molar-refractivity contribution is 0.103. The lowest BCUT2D eigenvalue weighted by Gasteiger charge is -2.08. The van der Waals surface area contributed by atoms with E-state index in [1.54, 1.807) is 12.1 Å². The molecule has 4 N–H and O–H groups in total. The van der Waals surface area contributed by atoms with Gasteiger partial charge in [0.25, 0.3) is 5.91 Å². The van der Waals surface area contributed by atoms with E-state index < -0.39 is 0 Å². The average Bonchev–Trinajstić information content (AvgIpc) is 4.10. The molecule has 2 aliphatic heterocycles. The zero-order chi connectivity index (χ0) is 38.3. The number of benzene rings is 4. The van der Waals surface area contributed by atoms with Gasteiger partial charge in [-0.1, -0.05) is 91.0 Å². The van der Waals surface area contributed by atoms with Crippen LogP contribution in [0.25, 0.3) is 90.9 Å². The minimum absolute atomic E-state index is 0.135. The number of H-pyrrole nitrogens is 2. The topological polar surface area (TPSA) is 107 Å². The Morgan fingerprint density at radius 1 is 0.474 bits per heavy atom. The van der Waals surface area contributed by atoms with Crippen molar-refractivity contribution in [1.82, 2.24) is 19.9 Å². The van der Waals surface area contributed by atoms with E-state index in [0.717, 1.165) is 89.4 Å². The summed E-state index contributed by atoms with van der Waals surface area (Å²) < 4.78 is 0. The summed E-state index contributed by atoms with van der Waals surface area (Å²) in [6, 6.07) is 47.8. The second kappa shape index (κ2) is 14.3. The number of aromatic hydroxyl groups is 1. The molecule has 8 heteroatoms. The molecule has 0 unspecified atom stereocenters. The van der Waals surface area contributed by atoms with Crippen LogP contribution in [-0.2, 0) is 0 Å². The highest BCUT2D eigenvalue weighted by Gasteiger charge is 2.19. The molecule has 4 aromatic carbocycles. The number of carbonyl (C=O) groups excluding carboxylic acids is 1. The van der Waals surface area contributed by atoms with Gasteiger partial charge in [0.1, 0.15) is 5.75 Å². The van der Waals surface area contributed by atoms with Gasteiger partial charge in [0.05, 0.1) is 27.7 Å². The van der Waals surface area contributed by atoms with E-state index in [1.807, 2.05) is 90.3 Å². The number of fused-ring (bicyclic) bond motifs is 8. The third kappa shape index (κ3) is 6.44.